The zero-order valence-corrected chi connectivity index (χ0v) is 12.6. The van der Waals surface area contributed by atoms with Gasteiger partial charge in [-0.1, -0.05) is 0 Å². The van der Waals surface area contributed by atoms with Crippen molar-refractivity contribution in [3.63, 3.8) is 0 Å². The largest absolute Gasteiger partial charge is 0.375 e. The second-order valence-electron chi connectivity index (χ2n) is 3.73. The molecule has 3 nitrogen and oxygen atoms in total. The lowest BCUT2D eigenvalue weighted by atomic mass is 10.2. The van der Waals surface area contributed by atoms with Gasteiger partial charge in [-0.25, -0.2) is 14.4 Å². The number of nitrogens with zero attached hydrogens (tertiary/aromatic N) is 2. The van der Waals surface area contributed by atoms with Crippen molar-refractivity contribution in [2.24, 2.45) is 0 Å². The molecule has 2 aromatic heterocycles. The van der Waals surface area contributed by atoms with E-state index in [0.717, 1.165) is 22.0 Å². The molecule has 0 spiro atoms. The number of aromatic nitrogens is 2. The average molecular weight is 356 g/mol. The standard InChI is InChI=1S/C12H7BrFN3S2/c13-8-3-6(14)1-2-7(8)9-4-18-11(16-9)10-5-19-12(15)17-10/h1-5H,(H2,15,17). The van der Waals surface area contributed by atoms with Crippen LogP contribution in [0.15, 0.2) is 33.4 Å². The van der Waals surface area contributed by atoms with E-state index < -0.39 is 0 Å². The fraction of sp³-hybridized carbons (Fsp3) is 0. The zero-order valence-electron chi connectivity index (χ0n) is 9.43. The van der Waals surface area contributed by atoms with Crippen LogP contribution in [0.5, 0.6) is 0 Å². The van der Waals surface area contributed by atoms with Gasteiger partial charge < -0.3 is 5.73 Å². The van der Waals surface area contributed by atoms with Crippen LogP contribution in [0.2, 0.25) is 0 Å². The molecule has 96 valence electrons. The predicted molar refractivity (Wildman–Crippen MR) is 80.7 cm³/mol. The van der Waals surface area contributed by atoms with E-state index in [1.807, 2.05) is 10.8 Å². The Kier molecular flexibility index (Phi) is 3.34. The summed E-state index contributed by atoms with van der Waals surface area (Å²) in [5.74, 6) is -0.279. The number of thiazole rings is 2. The first-order chi connectivity index (χ1) is 9.13. The lowest BCUT2D eigenvalue weighted by Crippen LogP contribution is -1.84. The van der Waals surface area contributed by atoms with Crippen molar-refractivity contribution in [3.05, 3.63) is 39.2 Å². The maximum Gasteiger partial charge on any atom is 0.180 e. The molecule has 0 fully saturated rings. The van der Waals surface area contributed by atoms with E-state index in [-0.39, 0.29) is 5.82 Å². The average Bonchev–Trinajstić information content (AvgIpc) is 2.97. The summed E-state index contributed by atoms with van der Waals surface area (Å²) in [5, 5.41) is 5.12. The second-order valence-corrected chi connectivity index (χ2v) is 6.34. The molecule has 0 atom stereocenters. The Morgan fingerprint density at radius 3 is 2.58 bits per heavy atom. The first-order valence-corrected chi connectivity index (χ1v) is 7.81. The molecule has 0 unspecified atom stereocenters. The number of benzene rings is 1. The number of hydrogen-bond donors (Lipinski definition) is 1. The van der Waals surface area contributed by atoms with Gasteiger partial charge in [0.1, 0.15) is 16.5 Å². The third kappa shape index (κ3) is 2.54. The van der Waals surface area contributed by atoms with Crippen LogP contribution < -0.4 is 5.73 Å². The Labute approximate surface area is 125 Å². The van der Waals surface area contributed by atoms with E-state index in [1.165, 1.54) is 34.8 Å². The van der Waals surface area contributed by atoms with Gasteiger partial charge in [0.25, 0.3) is 0 Å². The van der Waals surface area contributed by atoms with Crippen molar-refractivity contribution >= 4 is 43.7 Å². The maximum absolute atomic E-state index is 13.1. The molecule has 2 N–H and O–H groups in total. The molecule has 0 saturated carbocycles. The van der Waals surface area contributed by atoms with E-state index >= 15 is 0 Å². The highest BCUT2D eigenvalue weighted by Crippen LogP contribution is 2.33. The third-order valence-corrected chi connectivity index (χ3v) is 4.65. The summed E-state index contributed by atoms with van der Waals surface area (Å²) in [4.78, 5) is 8.71. The number of nitrogen functional groups attached to an aromatic ring is 1. The molecule has 0 bridgehead atoms. The Morgan fingerprint density at radius 1 is 1.11 bits per heavy atom. The van der Waals surface area contributed by atoms with Gasteiger partial charge in [-0.05, 0) is 34.1 Å². The minimum absolute atomic E-state index is 0.279. The highest BCUT2D eigenvalue weighted by Gasteiger charge is 2.11. The summed E-state index contributed by atoms with van der Waals surface area (Å²) in [6, 6.07) is 4.54. The van der Waals surface area contributed by atoms with Crippen LogP contribution >= 0.6 is 38.6 Å². The van der Waals surface area contributed by atoms with Gasteiger partial charge in [0.15, 0.2) is 5.13 Å². The second kappa shape index (κ2) is 4.99. The number of anilines is 1. The van der Waals surface area contributed by atoms with Crippen molar-refractivity contribution in [2.75, 3.05) is 5.73 Å². The Morgan fingerprint density at radius 2 is 1.89 bits per heavy atom. The van der Waals surface area contributed by atoms with E-state index in [1.54, 1.807) is 6.07 Å². The van der Waals surface area contributed by atoms with Crippen LogP contribution in [0.1, 0.15) is 0 Å². The molecule has 0 aliphatic rings. The highest BCUT2D eigenvalue weighted by atomic mass is 79.9. The molecule has 1 aromatic carbocycles. The lowest BCUT2D eigenvalue weighted by Gasteiger charge is -2.00. The van der Waals surface area contributed by atoms with Gasteiger partial charge in [-0.15, -0.1) is 22.7 Å². The molecule has 0 radical (unpaired) electrons. The molecule has 0 aliphatic carbocycles. The molecule has 7 heteroatoms. The van der Waals surface area contributed by atoms with E-state index in [4.69, 9.17) is 5.73 Å². The Balaban J connectivity index is 2.01. The molecule has 3 aromatic rings. The van der Waals surface area contributed by atoms with Crippen LogP contribution in [0.4, 0.5) is 9.52 Å². The number of hydrogen-bond acceptors (Lipinski definition) is 5. The van der Waals surface area contributed by atoms with Gasteiger partial charge in [-0.3, -0.25) is 0 Å². The van der Waals surface area contributed by atoms with Crippen molar-refractivity contribution < 1.29 is 4.39 Å². The van der Waals surface area contributed by atoms with Crippen molar-refractivity contribution in [2.45, 2.75) is 0 Å². The van der Waals surface area contributed by atoms with Gasteiger partial charge in [-0.2, -0.15) is 0 Å². The van der Waals surface area contributed by atoms with E-state index in [2.05, 4.69) is 25.9 Å². The summed E-state index contributed by atoms with van der Waals surface area (Å²) in [7, 11) is 0. The molecule has 0 amide bonds. The molecule has 0 saturated heterocycles. The zero-order chi connectivity index (χ0) is 13.4. The van der Waals surface area contributed by atoms with E-state index in [9.17, 15) is 4.39 Å². The predicted octanol–water partition coefficient (Wildman–Crippen LogP) is 4.42. The summed E-state index contributed by atoms with van der Waals surface area (Å²) in [5.41, 5.74) is 8.03. The van der Waals surface area contributed by atoms with Crippen LogP contribution in [0.3, 0.4) is 0 Å². The fourth-order valence-corrected chi connectivity index (χ4v) is 3.55. The number of rotatable bonds is 2. The monoisotopic (exact) mass is 355 g/mol. The molecule has 19 heavy (non-hydrogen) atoms. The summed E-state index contributed by atoms with van der Waals surface area (Å²) >= 11 is 6.22. The number of halogens is 2. The van der Waals surface area contributed by atoms with Gasteiger partial charge in [0.05, 0.1) is 5.69 Å². The van der Waals surface area contributed by atoms with Gasteiger partial charge in [0, 0.05) is 20.8 Å². The van der Waals surface area contributed by atoms with E-state index in [0.29, 0.717) is 9.60 Å². The maximum atomic E-state index is 13.1. The smallest absolute Gasteiger partial charge is 0.180 e. The Bertz CT molecular complexity index is 738. The lowest BCUT2D eigenvalue weighted by molar-refractivity contribution is 0.627. The minimum Gasteiger partial charge on any atom is -0.375 e. The van der Waals surface area contributed by atoms with Crippen LogP contribution in [0, 0.1) is 5.82 Å². The van der Waals surface area contributed by atoms with Gasteiger partial charge in [0.2, 0.25) is 0 Å². The summed E-state index contributed by atoms with van der Waals surface area (Å²) < 4.78 is 13.7. The molecule has 3 rings (SSSR count). The molecule has 2 heterocycles. The molecular formula is C12H7BrFN3S2. The van der Waals surface area contributed by atoms with Crippen molar-refractivity contribution in [1.29, 1.82) is 0 Å². The van der Waals surface area contributed by atoms with Crippen LogP contribution in [0.25, 0.3) is 22.0 Å². The van der Waals surface area contributed by atoms with Crippen LogP contribution in [-0.2, 0) is 0 Å². The summed E-state index contributed by atoms with van der Waals surface area (Å²) in [6.07, 6.45) is 0. The first-order valence-electron chi connectivity index (χ1n) is 5.26. The summed E-state index contributed by atoms with van der Waals surface area (Å²) in [6.45, 7) is 0. The van der Waals surface area contributed by atoms with Crippen molar-refractivity contribution in [1.82, 2.24) is 9.97 Å². The normalized spacial score (nSPS) is 10.8. The number of nitrogens with two attached hydrogens (primary N) is 1. The SMILES string of the molecule is Nc1nc(-c2nc(-c3ccc(F)cc3Br)cs2)cs1. The highest BCUT2D eigenvalue weighted by molar-refractivity contribution is 9.10. The topological polar surface area (TPSA) is 51.8 Å². The Hall–Kier alpha value is -1.31. The van der Waals surface area contributed by atoms with Crippen LogP contribution in [-0.4, -0.2) is 9.97 Å². The first kappa shape index (κ1) is 12.7. The molecule has 0 aliphatic heterocycles. The quantitative estimate of drug-likeness (QED) is 0.740. The third-order valence-electron chi connectivity index (χ3n) is 2.45. The van der Waals surface area contributed by atoms with Gasteiger partial charge >= 0.3 is 0 Å². The van der Waals surface area contributed by atoms with Crippen molar-refractivity contribution in [3.8, 4) is 22.0 Å². The molecular weight excluding hydrogens is 349 g/mol. The minimum atomic E-state index is -0.279. The fourth-order valence-electron chi connectivity index (χ4n) is 1.60.